The smallest absolute Gasteiger partial charge is 0.167 e. The van der Waals surface area contributed by atoms with Crippen LogP contribution in [-0.2, 0) is 5.60 Å². The maximum atomic E-state index is 6.50. The molecule has 0 saturated carbocycles. The maximum Gasteiger partial charge on any atom is 0.167 e. The number of para-hydroxylation sites is 4. The molecular weight excluding hydrogens is 594 g/mol. The van der Waals surface area contributed by atoms with Crippen LogP contribution < -0.4 is 4.74 Å². The molecule has 0 aliphatic carbocycles. The first-order valence-corrected chi connectivity index (χ1v) is 16.0. The Kier molecular flexibility index (Phi) is 5.53. The molecule has 0 saturated heterocycles. The van der Waals surface area contributed by atoms with Crippen LogP contribution in [0.4, 0.5) is 0 Å². The first-order chi connectivity index (χ1) is 23.5. The van der Waals surface area contributed by atoms with E-state index in [2.05, 4.69) is 68.4 Å². The zero-order valence-electron chi connectivity index (χ0n) is 26.2. The van der Waals surface area contributed by atoms with Crippen molar-refractivity contribution in [2.75, 3.05) is 0 Å². The summed E-state index contributed by atoms with van der Waals surface area (Å²) in [5, 5.41) is 4.12. The maximum absolute atomic E-state index is 6.50. The third kappa shape index (κ3) is 3.96. The normalized spacial score (nSPS) is 13.5. The molecule has 6 heteroatoms. The second-order valence-electron chi connectivity index (χ2n) is 12.7. The molecule has 0 fully saturated rings. The van der Waals surface area contributed by atoms with Gasteiger partial charge < -0.3 is 13.6 Å². The quantitative estimate of drug-likeness (QED) is 0.195. The SMILES string of the molecule is CC1(C)Oc2ccc(-c3nc(-c4cccc5c4oc4ccccc45)nc(-c4cccc5c4oc4ccccc45)n3)cc2-c2ccccc21. The van der Waals surface area contributed by atoms with Gasteiger partial charge in [0.1, 0.15) is 33.7 Å². The molecule has 0 N–H and O–H groups in total. The van der Waals surface area contributed by atoms with E-state index in [1.807, 2.05) is 72.8 Å². The summed E-state index contributed by atoms with van der Waals surface area (Å²) in [7, 11) is 0. The van der Waals surface area contributed by atoms with Crippen molar-refractivity contribution in [3.8, 4) is 51.0 Å². The highest BCUT2D eigenvalue weighted by Crippen LogP contribution is 2.46. The van der Waals surface area contributed by atoms with Crippen LogP contribution in [0.5, 0.6) is 5.75 Å². The Bertz CT molecular complexity index is 2620. The molecule has 1 aliphatic heterocycles. The molecule has 0 spiro atoms. The average Bonchev–Trinajstić information content (AvgIpc) is 3.70. The van der Waals surface area contributed by atoms with Gasteiger partial charge in [-0.1, -0.05) is 84.9 Å². The summed E-state index contributed by atoms with van der Waals surface area (Å²) in [6, 6.07) is 42.9. The predicted octanol–water partition coefficient (Wildman–Crippen LogP) is 11.0. The second kappa shape index (κ2) is 9.86. The molecule has 0 amide bonds. The molecule has 48 heavy (non-hydrogen) atoms. The van der Waals surface area contributed by atoms with Crippen LogP contribution in [-0.4, -0.2) is 15.0 Å². The number of fused-ring (bicyclic) bond motifs is 9. The third-order valence-corrected chi connectivity index (χ3v) is 9.39. The first-order valence-electron chi connectivity index (χ1n) is 16.0. The molecule has 9 aromatic rings. The van der Waals surface area contributed by atoms with E-state index < -0.39 is 5.60 Å². The van der Waals surface area contributed by atoms with E-state index >= 15 is 0 Å². The van der Waals surface area contributed by atoms with Gasteiger partial charge >= 0.3 is 0 Å². The van der Waals surface area contributed by atoms with E-state index in [-0.39, 0.29) is 0 Å². The van der Waals surface area contributed by atoms with Crippen LogP contribution in [0, 0.1) is 0 Å². The van der Waals surface area contributed by atoms with Crippen molar-refractivity contribution in [3.05, 3.63) is 133 Å². The van der Waals surface area contributed by atoms with E-state index in [0.717, 1.165) is 83.0 Å². The number of furan rings is 2. The number of benzene rings is 6. The Morgan fingerprint density at radius 3 is 1.62 bits per heavy atom. The van der Waals surface area contributed by atoms with Crippen LogP contribution in [0.2, 0.25) is 0 Å². The van der Waals surface area contributed by atoms with E-state index in [0.29, 0.717) is 17.5 Å². The molecule has 10 rings (SSSR count). The van der Waals surface area contributed by atoms with Gasteiger partial charge in [0.05, 0.1) is 11.1 Å². The van der Waals surface area contributed by atoms with Crippen molar-refractivity contribution >= 4 is 43.9 Å². The van der Waals surface area contributed by atoms with Crippen molar-refractivity contribution in [2.45, 2.75) is 19.4 Å². The van der Waals surface area contributed by atoms with Crippen molar-refractivity contribution in [1.82, 2.24) is 15.0 Å². The number of aromatic nitrogens is 3. The van der Waals surface area contributed by atoms with Gasteiger partial charge in [-0.2, -0.15) is 0 Å². The van der Waals surface area contributed by atoms with Gasteiger partial charge in [0.15, 0.2) is 17.5 Å². The zero-order chi connectivity index (χ0) is 32.0. The fourth-order valence-electron chi connectivity index (χ4n) is 7.13. The molecule has 4 heterocycles. The van der Waals surface area contributed by atoms with E-state index in [1.165, 1.54) is 0 Å². The van der Waals surface area contributed by atoms with Gasteiger partial charge in [0.25, 0.3) is 0 Å². The average molecular weight is 622 g/mol. The highest BCUT2D eigenvalue weighted by atomic mass is 16.5. The Morgan fingerprint density at radius 2 is 0.979 bits per heavy atom. The summed E-state index contributed by atoms with van der Waals surface area (Å²) in [6.07, 6.45) is 0. The van der Waals surface area contributed by atoms with Gasteiger partial charge in [-0.15, -0.1) is 0 Å². The lowest BCUT2D eigenvalue weighted by molar-refractivity contribution is 0.106. The summed E-state index contributed by atoms with van der Waals surface area (Å²) in [6.45, 7) is 4.20. The van der Waals surface area contributed by atoms with Gasteiger partial charge in [-0.25, -0.2) is 15.0 Å². The lowest BCUT2D eigenvalue weighted by Crippen LogP contribution is -2.29. The van der Waals surface area contributed by atoms with Crippen molar-refractivity contribution in [2.24, 2.45) is 0 Å². The lowest BCUT2D eigenvalue weighted by Gasteiger charge is -2.35. The van der Waals surface area contributed by atoms with E-state index in [1.54, 1.807) is 0 Å². The molecule has 228 valence electrons. The molecule has 6 nitrogen and oxygen atoms in total. The standard InChI is InChI=1S/C42H27N3O3/c1-42(2)33-18-6-3-11-25(33)32-23-24(21-22-36(32)48-42)39-43-40(30-16-9-14-28-26-12-4-7-19-34(26)46-37(28)30)45-41(44-39)31-17-10-15-29-27-13-5-8-20-35(27)47-38(29)31/h3-23H,1-2H3. The van der Waals surface area contributed by atoms with Crippen molar-refractivity contribution < 1.29 is 13.6 Å². The topological polar surface area (TPSA) is 74.2 Å². The summed E-state index contributed by atoms with van der Waals surface area (Å²) < 4.78 is 19.4. The molecule has 0 atom stereocenters. The molecular formula is C42H27N3O3. The Morgan fingerprint density at radius 1 is 0.458 bits per heavy atom. The molecule has 3 aromatic heterocycles. The Hall–Kier alpha value is -6.27. The molecule has 0 bridgehead atoms. The van der Waals surface area contributed by atoms with Gasteiger partial charge in [-0.3, -0.25) is 0 Å². The fourth-order valence-corrected chi connectivity index (χ4v) is 7.13. The summed E-state index contributed by atoms with van der Waals surface area (Å²) in [5.74, 6) is 2.41. The minimum atomic E-state index is -0.449. The minimum Gasteiger partial charge on any atom is -0.482 e. The Balaban J connectivity index is 1.23. The number of hydrogen-bond donors (Lipinski definition) is 0. The third-order valence-electron chi connectivity index (χ3n) is 9.39. The van der Waals surface area contributed by atoms with Crippen LogP contribution in [0.25, 0.3) is 89.2 Å². The summed E-state index contributed by atoms with van der Waals surface area (Å²) in [5.41, 5.74) is 8.37. The lowest BCUT2D eigenvalue weighted by atomic mass is 9.86. The summed E-state index contributed by atoms with van der Waals surface area (Å²) in [4.78, 5) is 15.4. The van der Waals surface area contributed by atoms with Crippen molar-refractivity contribution in [3.63, 3.8) is 0 Å². The molecule has 0 unspecified atom stereocenters. The highest BCUT2D eigenvalue weighted by Gasteiger charge is 2.32. The number of nitrogens with zero attached hydrogens (tertiary/aromatic N) is 3. The van der Waals surface area contributed by atoms with Crippen LogP contribution in [0.1, 0.15) is 19.4 Å². The predicted molar refractivity (Wildman–Crippen MR) is 190 cm³/mol. The zero-order valence-corrected chi connectivity index (χ0v) is 26.2. The monoisotopic (exact) mass is 621 g/mol. The highest BCUT2D eigenvalue weighted by molar-refractivity contribution is 6.10. The fraction of sp³-hybridized carbons (Fsp3) is 0.0714. The molecule has 0 radical (unpaired) electrons. The minimum absolute atomic E-state index is 0.449. The number of hydrogen-bond acceptors (Lipinski definition) is 6. The van der Waals surface area contributed by atoms with Crippen LogP contribution in [0.15, 0.2) is 136 Å². The first kappa shape index (κ1) is 26.9. The largest absolute Gasteiger partial charge is 0.482 e. The van der Waals surface area contributed by atoms with E-state index in [9.17, 15) is 0 Å². The van der Waals surface area contributed by atoms with Crippen molar-refractivity contribution in [1.29, 1.82) is 0 Å². The molecule has 6 aromatic carbocycles. The van der Waals surface area contributed by atoms with E-state index in [4.69, 9.17) is 28.5 Å². The van der Waals surface area contributed by atoms with Gasteiger partial charge in [0.2, 0.25) is 0 Å². The van der Waals surface area contributed by atoms with Gasteiger partial charge in [0, 0.05) is 38.2 Å². The van der Waals surface area contributed by atoms with Crippen LogP contribution in [0.3, 0.4) is 0 Å². The van der Waals surface area contributed by atoms with Gasteiger partial charge in [-0.05, 0) is 61.9 Å². The van der Waals surface area contributed by atoms with Crippen LogP contribution >= 0.6 is 0 Å². The molecule has 1 aliphatic rings. The summed E-state index contributed by atoms with van der Waals surface area (Å²) >= 11 is 0. The Labute approximate surface area is 275 Å². The second-order valence-corrected chi connectivity index (χ2v) is 12.7. The number of rotatable bonds is 3. The number of ether oxygens (including phenoxy) is 1.